The van der Waals surface area contributed by atoms with E-state index in [0.29, 0.717) is 39.7 Å². The molecule has 0 spiro atoms. The summed E-state index contributed by atoms with van der Waals surface area (Å²) >= 11 is 0. The maximum absolute atomic E-state index is 14.0. The molecule has 5 aromatic rings. The number of nitro groups is 3. The molecular formula is C43H44N10O11. The molecule has 332 valence electrons. The van der Waals surface area contributed by atoms with Gasteiger partial charge < -0.3 is 40.5 Å². The number of nitrogens with zero attached hydrogens (tertiary/aromatic N) is 6. The maximum atomic E-state index is 14.0. The molecule has 1 aliphatic heterocycles. The SMILES string of the molecule is O=C(NCCN1CCN(C(=O)Nc2ccc([N+](=O)[O-])cc2)Cc2ccccc2OCCOc2ccccc2CN(C(=O)Nc2ccc([N+](=O)[O-])cc2)CC1)Nc1ccc([N+](=O)[O-])cc1. The Balaban J connectivity index is 1.27. The van der Waals surface area contributed by atoms with E-state index in [-0.39, 0.29) is 82.6 Å². The molecule has 21 heteroatoms. The first-order chi connectivity index (χ1) is 30.9. The number of para-hydroxylation sites is 2. The molecule has 0 atom stereocenters. The van der Waals surface area contributed by atoms with Crippen LogP contribution in [0.2, 0.25) is 0 Å². The summed E-state index contributed by atoms with van der Waals surface area (Å²) in [5.74, 6) is 1.04. The van der Waals surface area contributed by atoms with E-state index in [0.717, 1.165) is 0 Å². The Morgan fingerprint density at radius 2 is 0.891 bits per heavy atom. The summed E-state index contributed by atoms with van der Waals surface area (Å²) < 4.78 is 12.3. The number of anilines is 3. The van der Waals surface area contributed by atoms with E-state index >= 15 is 0 Å². The van der Waals surface area contributed by atoms with Gasteiger partial charge in [0.25, 0.3) is 17.1 Å². The summed E-state index contributed by atoms with van der Waals surface area (Å²) in [6.07, 6.45) is 0. The number of amides is 6. The molecule has 0 fully saturated rings. The highest BCUT2D eigenvalue weighted by atomic mass is 16.6. The molecule has 21 nitrogen and oxygen atoms in total. The highest BCUT2D eigenvalue weighted by Gasteiger charge is 2.22. The van der Waals surface area contributed by atoms with Crippen molar-refractivity contribution in [2.45, 2.75) is 13.1 Å². The van der Waals surface area contributed by atoms with Gasteiger partial charge in [-0.3, -0.25) is 35.2 Å². The predicted molar refractivity (Wildman–Crippen MR) is 235 cm³/mol. The minimum absolute atomic E-state index is 0.0895. The number of nitro benzene ring substituents is 3. The fourth-order valence-electron chi connectivity index (χ4n) is 6.54. The molecule has 0 unspecified atom stereocenters. The number of ether oxygens (including phenoxy) is 2. The average Bonchev–Trinajstić information content (AvgIpc) is 3.28. The second-order valence-corrected chi connectivity index (χ2v) is 14.3. The van der Waals surface area contributed by atoms with Crippen LogP contribution in [0.15, 0.2) is 121 Å². The van der Waals surface area contributed by atoms with Gasteiger partial charge in [-0.2, -0.15) is 0 Å². The highest BCUT2D eigenvalue weighted by Crippen LogP contribution is 2.25. The largest absolute Gasteiger partial charge is 0.490 e. The standard InChI is InChI=1S/C43H44N10O11/c54-41(45-33-9-15-36(16-10-33)51(57)58)44-21-22-48-23-25-49(42(55)46-34-11-17-37(18-12-34)52(59)60)29-31-5-1-3-7-39(31)63-27-28-64-40-8-4-2-6-32(40)30-50(26-24-48)43(56)47-35-13-19-38(20-14-35)53(61)62/h1-20H,21-30H2,(H,46,55)(H,47,56)(H2,44,45,54). The Kier molecular flexibility index (Phi) is 15.5. The van der Waals surface area contributed by atoms with E-state index in [1.165, 1.54) is 72.8 Å². The Morgan fingerprint density at radius 1 is 0.516 bits per heavy atom. The van der Waals surface area contributed by atoms with Gasteiger partial charge in [0.1, 0.15) is 24.7 Å². The summed E-state index contributed by atoms with van der Waals surface area (Å²) in [5, 5.41) is 44.7. The van der Waals surface area contributed by atoms with E-state index < -0.39 is 32.9 Å². The number of hydrogen-bond acceptors (Lipinski definition) is 12. The second kappa shape index (κ2) is 22.0. The molecule has 0 saturated heterocycles. The third-order valence-corrected chi connectivity index (χ3v) is 9.92. The number of urea groups is 3. The van der Waals surface area contributed by atoms with Crippen molar-refractivity contribution in [2.24, 2.45) is 0 Å². The van der Waals surface area contributed by atoms with Crippen molar-refractivity contribution in [2.75, 3.05) is 68.4 Å². The van der Waals surface area contributed by atoms with Gasteiger partial charge in [0, 0.05) is 104 Å². The van der Waals surface area contributed by atoms with Crippen molar-refractivity contribution in [1.29, 1.82) is 0 Å². The number of nitrogens with one attached hydrogen (secondary N) is 4. The van der Waals surface area contributed by atoms with Gasteiger partial charge in [-0.05, 0) is 48.5 Å². The topological polar surface area (TPSA) is 257 Å². The molecule has 6 rings (SSSR count). The number of non-ortho nitro benzene ring substituents is 3. The molecule has 5 aromatic carbocycles. The minimum atomic E-state index is -0.569. The minimum Gasteiger partial charge on any atom is -0.490 e. The van der Waals surface area contributed by atoms with Crippen molar-refractivity contribution in [3.05, 3.63) is 163 Å². The van der Waals surface area contributed by atoms with Crippen molar-refractivity contribution >= 4 is 52.2 Å². The van der Waals surface area contributed by atoms with Crippen LogP contribution in [0.4, 0.5) is 48.5 Å². The molecule has 4 N–H and O–H groups in total. The van der Waals surface area contributed by atoms with Crippen LogP contribution < -0.4 is 30.7 Å². The van der Waals surface area contributed by atoms with Crippen LogP contribution >= 0.6 is 0 Å². The lowest BCUT2D eigenvalue weighted by atomic mass is 10.2. The van der Waals surface area contributed by atoms with Crippen LogP contribution in [-0.4, -0.2) is 100 Å². The second-order valence-electron chi connectivity index (χ2n) is 14.3. The number of hydrogen-bond donors (Lipinski definition) is 4. The quantitative estimate of drug-likeness (QED) is 0.0856. The summed E-state index contributed by atoms with van der Waals surface area (Å²) in [6, 6.07) is 29.1. The van der Waals surface area contributed by atoms with Gasteiger partial charge in [0.15, 0.2) is 0 Å². The van der Waals surface area contributed by atoms with E-state index in [1.807, 2.05) is 41.3 Å². The first kappa shape index (κ1) is 45.2. The monoisotopic (exact) mass is 876 g/mol. The van der Waals surface area contributed by atoms with Crippen LogP contribution in [0.1, 0.15) is 11.1 Å². The fourth-order valence-corrected chi connectivity index (χ4v) is 6.54. The van der Waals surface area contributed by atoms with E-state index in [4.69, 9.17) is 9.47 Å². The summed E-state index contributed by atoms with van der Waals surface area (Å²) in [5.41, 5.74) is 1.96. The fraction of sp³-hybridized carbons (Fsp3) is 0.233. The molecule has 0 bridgehead atoms. The van der Waals surface area contributed by atoms with Crippen molar-refractivity contribution in [1.82, 2.24) is 20.0 Å². The summed E-state index contributed by atoms with van der Waals surface area (Å²) in [4.78, 5) is 78.0. The third kappa shape index (κ3) is 13.1. The van der Waals surface area contributed by atoms with Crippen LogP contribution in [0.25, 0.3) is 0 Å². The van der Waals surface area contributed by atoms with E-state index in [9.17, 15) is 44.7 Å². The zero-order chi connectivity index (χ0) is 45.4. The van der Waals surface area contributed by atoms with E-state index in [2.05, 4.69) is 21.3 Å². The van der Waals surface area contributed by atoms with Crippen LogP contribution in [0.5, 0.6) is 11.5 Å². The summed E-state index contributed by atoms with van der Waals surface area (Å²) in [7, 11) is 0. The number of carbonyl (C=O) groups is 3. The van der Waals surface area contributed by atoms with Crippen molar-refractivity contribution in [3.8, 4) is 11.5 Å². The average molecular weight is 877 g/mol. The lowest BCUT2D eigenvalue weighted by molar-refractivity contribution is -0.385. The van der Waals surface area contributed by atoms with Gasteiger partial charge in [-0.25, -0.2) is 14.4 Å². The van der Waals surface area contributed by atoms with Crippen molar-refractivity contribution in [3.63, 3.8) is 0 Å². The van der Waals surface area contributed by atoms with Crippen LogP contribution in [-0.2, 0) is 13.1 Å². The van der Waals surface area contributed by atoms with Gasteiger partial charge in [0.05, 0.1) is 27.9 Å². The molecule has 0 saturated carbocycles. The first-order valence-corrected chi connectivity index (χ1v) is 20.0. The lowest BCUT2D eigenvalue weighted by Gasteiger charge is -2.31. The third-order valence-electron chi connectivity index (χ3n) is 9.92. The first-order valence-electron chi connectivity index (χ1n) is 20.0. The number of benzene rings is 5. The van der Waals surface area contributed by atoms with Crippen molar-refractivity contribution < 1.29 is 38.6 Å². The van der Waals surface area contributed by atoms with Gasteiger partial charge in [-0.1, -0.05) is 36.4 Å². The highest BCUT2D eigenvalue weighted by molar-refractivity contribution is 5.90. The maximum Gasteiger partial charge on any atom is 0.322 e. The zero-order valence-electron chi connectivity index (χ0n) is 34.3. The normalized spacial score (nSPS) is 13.6. The molecule has 0 aromatic heterocycles. The van der Waals surface area contributed by atoms with Crippen LogP contribution in [0, 0.1) is 30.3 Å². The predicted octanol–water partition coefficient (Wildman–Crippen LogP) is 7.07. The Hall–Kier alpha value is -8.33. The molecule has 0 aliphatic carbocycles. The molecule has 1 aliphatic rings. The molecule has 0 radical (unpaired) electrons. The summed E-state index contributed by atoms with van der Waals surface area (Å²) in [6.45, 7) is 1.54. The Bertz CT molecular complexity index is 2310. The lowest BCUT2D eigenvalue weighted by Crippen LogP contribution is -2.46. The zero-order valence-corrected chi connectivity index (χ0v) is 34.3. The molecule has 6 amide bonds. The number of rotatable bonds is 9. The van der Waals surface area contributed by atoms with Gasteiger partial charge >= 0.3 is 18.1 Å². The molecule has 1 heterocycles. The van der Waals surface area contributed by atoms with Gasteiger partial charge in [-0.15, -0.1) is 0 Å². The van der Waals surface area contributed by atoms with Crippen LogP contribution in [0.3, 0.4) is 0 Å². The number of carbonyl (C=O) groups excluding carboxylic acids is 3. The molecule has 64 heavy (non-hydrogen) atoms. The van der Waals surface area contributed by atoms with E-state index in [1.54, 1.807) is 21.9 Å². The van der Waals surface area contributed by atoms with Gasteiger partial charge in [0.2, 0.25) is 0 Å². The smallest absolute Gasteiger partial charge is 0.322 e. The Morgan fingerprint density at radius 3 is 1.28 bits per heavy atom. The number of fused-ring (bicyclic) bond motifs is 2. The molecular weight excluding hydrogens is 833 g/mol. The Labute approximate surface area is 366 Å².